The molecule has 8 heteroatoms. The minimum atomic E-state index is -0.342. The van der Waals surface area contributed by atoms with Gasteiger partial charge in [-0.2, -0.15) is 0 Å². The van der Waals surface area contributed by atoms with Crippen LogP contribution >= 0.6 is 0 Å². The molecule has 0 radical (unpaired) electrons. The van der Waals surface area contributed by atoms with E-state index < -0.39 is 0 Å². The number of nitrogens with zero attached hydrogens (tertiary/aromatic N) is 2. The summed E-state index contributed by atoms with van der Waals surface area (Å²) in [7, 11) is 0. The summed E-state index contributed by atoms with van der Waals surface area (Å²) >= 11 is 0. The van der Waals surface area contributed by atoms with E-state index in [1.807, 2.05) is 20.8 Å². The zero-order valence-electron chi connectivity index (χ0n) is 19.3. The highest BCUT2D eigenvalue weighted by Crippen LogP contribution is 2.39. The lowest BCUT2D eigenvalue weighted by molar-refractivity contribution is 0.102. The Morgan fingerprint density at radius 3 is 2.36 bits per heavy atom. The number of nitrogens with one attached hydrogen (secondary N) is 1. The second-order valence-corrected chi connectivity index (χ2v) is 7.73. The maximum absolute atomic E-state index is 13.1. The van der Waals surface area contributed by atoms with Gasteiger partial charge in [0.2, 0.25) is 5.75 Å². The molecule has 0 bridgehead atoms. The van der Waals surface area contributed by atoms with Gasteiger partial charge in [0.15, 0.2) is 11.5 Å². The molecule has 1 aliphatic rings. The van der Waals surface area contributed by atoms with Crippen LogP contribution in [0.1, 0.15) is 49.8 Å². The van der Waals surface area contributed by atoms with Gasteiger partial charge >= 0.3 is 0 Å². The maximum atomic E-state index is 13.1. The molecular weight excluding hydrogens is 422 g/mol. The number of hydrogen-bond donors (Lipinski definition) is 1. The molecule has 4 rings (SSSR count). The second kappa shape index (κ2) is 9.94. The molecule has 1 aliphatic heterocycles. The van der Waals surface area contributed by atoms with Crippen LogP contribution in [0.3, 0.4) is 0 Å². The van der Waals surface area contributed by atoms with Gasteiger partial charge in [0, 0.05) is 24.2 Å². The summed E-state index contributed by atoms with van der Waals surface area (Å²) in [6.07, 6.45) is 2.83. The van der Waals surface area contributed by atoms with Gasteiger partial charge in [-0.3, -0.25) is 14.2 Å². The predicted octanol–water partition coefficient (Wildman–Crippen LogP) is 4.18. The van der Waals surface area contributed by atoms with E-state index >= 15 is 0 Å². The van der Waals surface area contributed by atoms with Crippen molar-refractivity contribution < 1.29 is 19.0 Å². The topological polar surface area (TPSA) is 91.7 Å². The zero-order valence-corrected chi connectivity index (χ0v) is 19.3. The molecule has 0 saturated carbocycles. The molecule has 0 spiro atoms. The highest BCUT2D eigenvalue weighted by Gasteiger charge is 2.19. The van der Waals surface area contributed by atoms with Gasteiger partial charge in [-0.1, -0.05) is 0 Å². The van der Waals surface area contributed by atoms with Crippen LogP contribution in [0.25, 0.3) is 10.9 Å². The summed E-state index contributed by atoms with van der Waals surface area (Å²) in [6, 6.07) is 8.50. The Balaban J connectivity index is 1.67. The summed E-state index contributed by atoms with van der Waals surface area (Å²) in [5.74, 6) is 1.86. The van der Waals surface area contributed by atoms with E-state index in [0.717, 1.165) is 25.1 Å². The van der Waals surface area contributed by atoms with Crippen molar-refractivity contribution in [2.75, 3.05) is 25.1 Å². The number of hydrogen-bond acceptors (Lipinski definition) is 6. The molecule has 8 nitrogen and oxygen atoms in total. The average Bonchev–Trinajstić information content (AvgIpc) is 2.82. The molecule has 0 fully saturated rings. The number of carbonyl (C=O) groups is 1. The van der Waals surface area contributed by atoms with Gasteiger partial charge in [0.1, 0.15) is 5.82 Å². The number of fused-ring (bicyclic) bond motifs is 2. The summed E-state index contributed by atoms with van der Waals surface area (Å²) in [5, 5.41) is 3.38. The molecule has 1 aromatic heterocycles. The largest absolute Gasteiger partial charge is 0.490 e. The van der Waals surface area contributed by atoms with E-state index in [0.29, 0.717) is 65.8 Å². The number of anilines is 1. The Morgan fingerprint density at radius 1 is 1.00 bits per heavy atom. The SMILES string of the molecule is CCOc1cc(C(=O)Nc2ccc3nc4n(c(=O)c3c2)CCCC4)cc(OCC)c1OCC. The number of benzene rings is 2. The lowest BCUT2D eigenvalue weighted by Crippen LogP contribution is -2.28. The smallest absolute Gasteiger partial charge is 0.261 e. The summed E-state index contributed by atoms with van der Waals surface area (Å²) < 4.78 is 18.9. The third-order valence-corrected chi connectivity index (χ3v) is 5.49. The first kappa shape index (κ1) is 22.6. The van der Waals surface area contributed by atoms with Crippen molar-refractivity contribution in [3.63, 3.8) is 0 Å². The van der Waals surface area contributed by atoms with Gasteiger partial charge in [0.05, 0.1) is 30.7 Å². The van der Waals surface area contributed by atoms with Crippen LogP contribution < -0.4 is 25.1 Å². The number of aromatic nitrogens is 2. The van der Waals surface area contributed by atoms with Crippen molar-refractivity contribution in [3.8, 4) is 17.2 Å². The minimum Gasteiger partial charge on any atom is -0.490 e. The Bertz CT molecular complexity index is 1210. The Morgan fingerprint density at radius 2 is 1.70 bits per heavy atom. The normalized spacial score (nSPS) is 12.8. The van der Waals surface area contributed by atoms with E-state index in [-0.39, 0.29) is 11.5 Å². The van der Waals surface area contributed by atoms with Crippen molar-refractivity contribution in [2.45, 2.75) is 46.6 Å². The van der Waals surface area contributed by atoms with Gasteiger partial charge in [-0.15, -0.1) is 0 Å². The summed E-state index contributed by atoms with van der Waals surface area (Å²) in [6.45, 7) is 7.56. The first-order chi connectivity index (χ1) is 16.0. The molecule has 1 N–H and O–H groups in total. The van der Waals surface area contributed by atoms with Crippen molar-refractivity contribution in [3.05, 3.63) is 52.1 Å². The highest BCUT2D eigenvalue weighted by atomic mass is 16.5. The Kier molecular flexibility index (Phi) is 6.82. The van der Waals surface area contributed by atoms with Gasteiger partial charge in [-0.05, 0) is 63.9 Å². The third-order valence-electron chi connectivity index (χ3n) is 5.49. The first-order valence-electron chi connectivity index (χ1n) is 11.5. The molecule has 174 valence electrons. The molecular formula is C25H29N3O5. The molecule has 3 aromatic rings. The molecule has 0 aliphatic carbocycles. The van der Waals surface area contributed by atoms with Gasteiger partial charge in [-0.25, -0.2) is 4.98 Å². The van der Waals surface area contributed by atoms with Gasteiger partial charge in [0.25, 0.3) is 11.5 Å². The van der Waals surface area contributed by atoms with E-state index in [2.05, 4.69) is 10.3 Å². The molecule has 0 atom stereocenters. The predicted molar refractivity (Wildman–Crippen MR) is 127 cm³/mol. The lowest BCUT2D eigenvalue weighted by atomic mass is 10.1. The number of aryl methyl sites for hydroxylation is 1. The van der Waals surface area contributed by atoms with Crippen molar-refractivity contribution in [2.24, 2.45) is 0 Å². The average molecular weight is 452 g/mol. The fourth-order valence-electron chi connectivity index (χ4n) is 4.04. The van der Waals surface area contributed by atoms with Gasteiger partial charge < -0.3 is 19.5 Å². The highest BCUT2D eigenvalue weighted by molar-refractivity contribution is 6.05. The number of ether oxygens (including phenoxy) is 3. The van der Waals surface area contributed by atoms with Crippen molar-refractivity contribution in [1.29, 1.82) is 0 Å². The molecule has 1 amide bonds. The van der Waals surface area contributed by atoms with E-state index in [4.69, 9.17) is 14.2 Å². The number of amides is 1. The van der Waals surface area contributed by atoms with Crippen LogP contribution in [-0.4, -0.2) is 35.3 Å². The van der Waals surface area contributed by atoms with E-state index in [1.165, 1.54) is 0 Å². The van der Waals surface area contributed by atoms with Crippen LogP contribution in [0.2, 0.25) is 0 Å². The van der Waals surface area contributed by atoms with Crippen LogP contribution in [0.5, 0.6) is 17.2 Å². The first-order valence-corrected chi connectivity index (χ1v) is 11.5. The quantitative estimate of drug-likeness (QED) is 0.552. The third kappa shape index (κ3) is 4.65. The standard InChI is InChI=1S/C25H29N3O5/c1-4-31-20-13-16(14-21(32-5-2)23(20)33-6-3)24(29)26-17-10-11-19-18(15-17)25(30)28-12-8-7-9-22(28)27-19/h10-11,13-15H,4-9,12H2,1-3H3,(H,26,29). The summed E-state index contributed by atoms with van der Waals surface area (Å²) in [5.41, 5.74) is 1.46. The van der Waals surface area contributed by atoms with Crippen LogP contribution in [0.4, 0.5) is 5.69 Å². The lowest BCUT2D eigenvalue weighted by Gasteiger charge is -2.18. The van der Waals surface area contributed by atoms with E-state index in [1.54, 1.807) is 34.9 Å². The van der Waals surface area contributed by atoms with Crippen molar-refractivity contribution in [1.82, 2.24) is 9.55 Å². The minimum absolute atomic E-state index is 0.0656. The van der Waals surface area contributed by atoms with Crippen LogP contribution in [0, 0.1) is 0 Å². The molecule has 2 aromatic carbocycles. The second-order valence-electron chi connectivity index (χ2n) is 7.73. The molecule has 33 heavy (non-hydrogen) atoms. The van der Waals surface area contributed by atoms with E-state index in [9.17, 15) is 9.59 Å². The fraction of sp³-hybridized carbons (Fsp3) is 0.400. The van der Waals surface area contributed by atoms with Crippen LogP contribution in [-0.2, 0) is 13.0 Å². The Hall–Kier alpha value is -3.55. The summed E-state index contributed by atoms with van der Waals surface area (Å²) in [4.78, 5) is 30.7. The zero-order chi connectivity index (χ0) is 23.4. The maximum Gasteiger partial charge on any atom is 0.261 e. The fourth-order valence-corrected chi connectivity index (χ4v) is 4.04. The Labute approximate surface area is 192 Å². The van der Waals surface area contributed by atoms with Crippen LogP contribution in [0.15, 0.2) is 35.1 Å². The molecule has 0 saturated heterocycles. The molecule has 2 heterocycles. The van der Waals surface area contributed by atoms with Crippen molar-refractivity contribution >= 4 is 22.5 Å². The molecule has 0 unspecified atom stereocenters. The number of rotatable bonds is 8. The monoisotopic (exact) mass is 451 g/mol. The number of carbonyl (C=O) groups excluding carboxylic acids is 1.